The maximum Gasteiger partial charge on any atom is 0.233 e. The molecular formula is C15H16BrNO3S. The van der Waals surface area contributed by atoms with Crippen LogP contribution in [-0.4, -0.2) is 21.3 Å². The number of nitrogens with one attached hydrogen (secondary N) is 1. The lowest BCUT2D eigenvalue weighted by Crippen LogP contribution is -2.18. The van der Waals surface area contributed by atoms with Crippen LogP contribution >= 0.6 is 15.9 Å². The summed E-state index contributed by atoms with van der Waals surface area (Å²) in [7, 11) is -1.93. The summed E-state index contributed by atoms with van der Waals surface area (Å²) in [5.41, 5.74) is 1.42. The molecule has 0 unspecified atom stereocenters. The van der Waals surface area contributed by atoms with Crippen molar-refractivity contribution in [2.24, 2.45) is 0 Å². The molecule has 0 aliphatic heterocycles. The molecule has 6 heteroatoms. The van der Waals surface area contributed by atoms with Crippen LogP contribution in [0.1, 0.15) is 5.56 Å². The second-order valence-corrected chi connectivity index (χ2v) is 7.26. The van der Waals surface area contributed by atoms with E-state index in [1.165, 1.54) is 7.11 Å². The van der Waals surface area contributed by atoms with Crippen LogP contribution < -0.4 is 9.46 Å². The van der Waals surface area contributed by atoms with Crippen LogP contribution in [0.25, 0.3) is 0 Å². The summed E-state index contributed by atoms with van der Waals surface area (Å²) < 4.78 is 32.9. The first-order valence-corrected chi connectivity index (χ1v) is 8.83. The number of sulfonamides is 1. The highest BCUT2D eigenvalue weighted by Gasteiger charge is 2.14. The Morgan fingerprint density at radius 1 is 1.14 bits per heavy atom. The zero-order valence-electron chi connectivity index (χ0n) is 11.5. The first-order chi connectivity index (χ1) is 10.00. The Kier molecular flexibility index (Phi) is 5.25. The smallest absolute Gasteiger partial charge is 0.233 e. The summed E-state index contributed by atoms with van der Waals surface area (Å²) >= 11 is 3.32. The van der Waals surface area contributed by atoms with E-state index in [0.29, 0.717) is 17.9 Å². The number of benzene rings is 2. The van der Waals surface area contributed by atoms with Crippen molar-refractivity contribution in [1.82, 2.24) is 0 Å². The van der Waals surface area contributed by atoms with Crippen LogP contribution in [0, 0.1) is 0 Å². The molecule has 0 radical (unpaired) electrons. The molecule has 0 heterocycles. The van der Waals surface area contributed by atoms with Gasteiger partial charge in [0.05, 0.1) is 18.6 Å². The number of ether oxygens (including phenoxy) is 1. The summed E-state index contributed by atoms with van der Waals surface area (Å²) in [6, 6.07) is 14.7. The molecule has 0 saturated heterocycles. The van der Waals surface area contributed by atoms with Gasteiger partial charge in [0.25, 0.3) is 0 Å². The minimum absolute atomic E-state index is 0.0205. The fourth-order valence-electron chi connectivity index (χ4n) is 1.88. The Balaban J connectivity index is 2.09. The minimum atomic E-state index is -3.43. The lowest BCUT2D eigenvalue weighted by molar-refractivity contribution is 0.417. The lowest BCUT2D eigenvalue weighted by Gasteiger charge is -2.12. The van der Waals surface area contributed by atoms with Crippen molar-refractivity contribution < 1.29 is 13.2 Å². The molecule has 0 atom stereocenters. The zero-order chi connectivity index (χ0) is 15.3. The van der Waals surface area contributed by atoms with Crippen molar-refractivity contribution >= 4 is 31.6 Å². The molecule has 21 heavy (non-hydrogen) atoms. The normalized spacial score (nSPS) is 11.1. The first kappa shape index (κ1) is 15.9. The number of hydrogen-bond donors (Lipinski definition) is 1. The molecular weight excluding hydrogens is 354 g/mol. The Morgan fingerprint density at radius 2 is 1.86 bits per heavy atom. The lowest BCUT2D eigenvalue weighted by atomic mass is 10.2. The molecule has 0 bridgehead atoms. The molecule has 0 amide bonds. The average Bonchev–Trinajstić information content (AvgIpc) is 2.46. The van der Waals surface area contributed by atoms with Crippen LogP contribution in [0.3, 0.4) is 0 Å². The Hall–Kier alpha value is -1.53. The summed E-state index contributed by atoms with van der Waals surface area (Å²) in [6.45, 7) is 0. The minimum Gasteiger partial charge on any atom is -0.495 e. The number of anilines is 1. The van der Waals surface area contributed by atoms with Gasteiger partial charge >= 0.3 is 0 Å². The fraction of sp³-hybridized carbons (Fsp3) is 0.200. The topological polar surface area (TPSA) is 55.4 Å². The largest absolute Gasteiger partial charge is 0.495 e. The van der Waals surface area contributed by atoms with E-state index in [-0.39, 0.29) is 5.75 Å². The molecule has 1 N–H and O–H groups in total. The second-order valence-electron chi connectivity index (χ2n) is 4.50. The highest BCUT2D eigenvalue weighted by atomic mass is 79.9. The number of methoxy groups -OCH3 is 1. The van der Waals surface area contributed by atoms with Gasteiger partial charge in [-0.15, -0.1) is 0 Å². The summed E-state index contributed by atoms with van der Waals surface area (Å²) in [5.74, 6) is 0.508. The standard InChI is InChI=1S/C15H16BrNO3S/c1-20-15-8-7-13(16)11-14(15)17-21(18,19)10-9-12-5-3-2-4-6-12/h2-8,11,17H,9-10H2,1H3. The van der Waals surface area contributed by atoms with Gasteiger partial charge < -0.3 is 4.74 Å². The predicted octanol–water partition coefficient (Wildman–Crippen LogP) is 3.44. The van der Waals surface area contributed by atoms with Gasteiger partial charge in [0.2, 0.25) is 10.0 Å². The molecule has 0 aliphatic rings. The van der Waals surface area contributed by atoms with Gasteiger partial charge in [-0.05, 0) is 30.2 Å². The van der Waals surface area contributed by atoms with E-state index >= 15 is 0 Å². The predicted molar refractivity (Wildman–Crippen MR) is 88.2 cm³/mol. The van der Waals surface area contributed by atoms with Crippen molar-refractivity contribution in [1.29, 1.82) is 0 Å². The van der Waals surface area contributed by atoms with Gasteiger partial charge in [0.15, 0.2) is 0 Å². The van der Waals surface area contributed by atoms with Crippen molar-refractivity contribution in [3.63, 3.8) is 0 Å². The monoisotopic (exact) mass is 369 g/mol. The quantitative estimate of drug-likeness (QED) is 0.848. The molecule has 2 rings (SSSR count). The summed E-state index contributed by atoms with van der Waals surface area (Å²) in [6.07, 6.45) is 0.465. The van der Waals surface area contributed by atoms with Crippen molar-refractivity contribution in [2.45, 2.75) is 6.42 Å². The maximum absolute atomic E-state index is 12.2. The van der Waals surface area contributed by atoms with Crippen LogP contribution in [0.5, 0.6) is 5.75 Å². The number of hydrogen-bond acceptors (Lipinski definition) is 3. The molecule has 0 aliphatic carbocycles. The van der Waals surface area contributed by atoms with Gasteiger partial charge in [0, 0.05) is 4.47 Å². The number of rotatable bonds is 6. The zero-order valence-corrected chi connectivity index (χ0v) is 13.9. The maximum atomic E-state index is 12.2. The molecule has 2 aromatic carbocycles. The molecule has 112 valence electrons. The number of aryl methyl sites for hydroxylation is 1. The van der Waals surface area contributed by atoms with Gasteiger partial charge in [-0.25, -0.2) is 8.42 Å². The van der Waals surface area contributed by atoms with Crippen molar-refractivity contribution in [2.75, 3.05) is 17.6 Å². The summed E-state index contributed by atoms with van der Waals surface area (Å²) in [5, 5.41) is 0. The third kappa shape index (κ3) is 4.75. The van der Waals surface area contributed by atoms with Crippen molar-refractivity contribution in [3.05, 3.63) is 58.6 Å². The third-order valence-electron chi connectivity index (χ3n) is 2.93. The van der Waals surface area contributed by atoms with Gasteiger partial charge in [-0.3, -0.25) is 4.72 Å². The average molecular weight is 370 g/mol. The first-order valence-electron chi connectivity index (χ1n) is 6.38. The van der Waals surface area contributed by atoms with E-state index in [4.69, 9.17) is 4.74 Å². The molecule has 0 aromatic heterocycles. The SMILES string of the molecule is COc1ccc(Br)cc1NS(=O)(=O)CCc1ccccc1. The van der Waals surface area contributed by atoms with E-state index in [2.05, 4.69) is 20.7 Å². The van der Waals surface area contributed by atoms with Crippen LogP contribution in [0.15, 0.2) is 53.0 Å². The highest BCUT2D eigenvalue weighted by Crippen LogP contribution is 2.28. The van der Waals surface area contributed by atoms with Gasteiger partial charge in [0.1, 0.15) is 5.75 Å². The highest BCUT2D eigenvalue weighted by molar-refractivity contribution is 9.10. The van der Waals surface area contributed by atoms with E-state index < -0.39 is 10.0 Å². The Bertz CT molecular complexity index is 702. The van der Waals surface area contributed by atoms with Crippen LogP contribution in [0.2, 0.25) is 0 Å². The van der Waals surface area contributed by atoms with Gasteiger partial charge in [-0.2, -0.15) is 0 Å². The molecule has 0 spiro atoms. The second kappa shape index (κ2) is 6.95. The van der Waals surface area contributed by atoms with Gasteiger partial charge in [-0.1, -0.05) is 46.3 Å². The fourth-order valence-corrected chi connectivity index (χ4v) is 3.34. The molecule has 0 fully saturated rings. The molecule has 4 nitrogen and oxygen atoms in total. The third-order valence-corrected chi connectivity index (χ3v) is 4.70. The van der Waals surface area contributed by atoms with E-state index in [9.17, 15) is 8.42 Å². The summed E-state index contributed by atoms with van der Waals surface area (Å²) in [4.78, 5) is 0. The van der Waals surface area contributed by atoms with Crippen molar-refractivity contribution in [3.8, 4) is 5.75 Å². The molecule has 0 saturated carbocycles. The Labute approximate surface area is 133 Å². The van der Waals surface area contributed by atoms with E-state index in [1.807, 2.05) is 30.3 Å². The molecule has 2 aromatic rings. The van der Waals surface area contributed by atoms with E-state index in [1.54, 1.807) is 18.2 Å². The van der Waals surface area contributed by atoms with Crippen LogP contribution in [-0.2, 0) is 16.4 Å². The van der Waals surface area contributed by atoms with Crippen LogP contribution in [0.4, 0.5) is 5.69 Å². The van der Waals surface area contributed by atoms with E-state index in [0.717, 1.165) is 10.0 Å². The Morgan fingerprint density at radius 3 is 2.52 bits per heavy atom. The number of halogens is 1.